The topological polar surface area (TPSA) is 80.7 Å². The van der Waals surface area contributed by atoms with E-state index in [1.54, 1.807) is 0 Å². The van der Waals surface area contributed by atoms with Crippen LogP contribution < -0.4 is 4.90 Å². The van der Waals surface area contributed by atoms with Gasteiger partial charge >= 0.3 is 0 Å². The Morgan fingerprint density at radius 3 is 2.50 bits per heavy atom. The number of hydrogen-bond acceptors (Lipinski definition) is 7. The van der Waals surface area contributed by atoms with Crippen LogP contribution in [0, 0.1) is 13.8 Å². The molecule has 0 bridgehead atoms. The van der Waals surface area contributed by atoms with Crippen LogP contribution in [0.1, 0.15) is 33.5 Å². The summed E-state index contributed by atoms with van der Waals surface area (Å²) in [5, 5.41) is 0.859. The number of nitrogens with zero attached hydrogens (tertiary/aromatic N) is 5. The molecule has 2 aliphatic heterocycles. The van der Waals surface area contributed by atoms with Crippen LogP contribution in [0.2, 0.25) is 0 Å². The highest BCUT2D eigenvalue weighted by Crippen LogP contribution is 2.28. The Bertz CT molecular complexity index is 1130. The van der Waals surface area contributed by atoms with E-state index in [0.717, 1.165) is 28.0 Å². The molecule has 0 N–H and O–H groups in total. The molecule has 3 aromatic rings. The number of pyridine rings is 1. The Balaban J connectivity index is 1.49. The number of aromatic nitrogens is 3. The summed E-state index contributed by atoms with van der Waals surface area (Å²) in [4.78, 5) is 31.4. The zero-order valence-corrected chi connectivity index (χ0v) is 18.5. The van der Waals surface area contributed by atoms with Crippen LogP contribution in [0.4, 0.5) is 5.95 Å². The molecular weight excluding hydrogens is 406 g/mol. The highest BCUT2D eigenvalue weighted by atomic mass is 16.5. The van der Waals surface area contributed by atoms with Gasteiger partial charge in [0.25, 0.3) is 5.91 Å². The molecule has 0 saturated carbocycles. The standard InChI is InChI=1S/C24H27N5O3/c1-16-13-17(2)26-24(25-16)29-9-12-32-22(15-29)21-14-19(18-5-3-4-6-20(18)27-21)23(30)28-7-10-31-11-8-28/h3-6,13-14,22H,7-12,15H2,1-2H3/t22-/m1/s1. The van der Waals surface area contributed by atoms with Crippen LogP contribution in [0.5, 0.6) is 0 Å². The second kappa shape index (κ2) is 8.80. The van der Waals surface area contributed by atoms with E-state index in [4.69, 9.17) is 14.5 Å². The summed E-state index contributed by atoms with van der Waals surface area (Å²) in [6.07, 6.45) is -0.269. The summed E-state index contributed by atoms with van der Waals surface area (Å²) in [6, 6.07) is 11.7. The van der Waals surface area contributed by atoms with Crippen molar-refractivity contribution in [2.75, 3.05) is 50.9 Å². The molecule has 8 nitrogen and oxygen atoms in total. The van der Waals surface area contributed by atoms with Gasteiger partial charge in [-0.25, -0.2) is 15.0 Å². The molecule has 0 aliphatic carbocycles. The van der Waals surface area contributed by atoms with Crippen LogP contribution in [0.3, 0.4) is 0 Å². The molecule has 0 spiro atoms. The third-order valence-corrected chi connectivity index (χ3v) is 5.91. The number of anilines is 1. The molecule has 32 heavy (non-hydrogen) atoms. The van der Waals surface area contributed by atoms with E-state index in [9.17, 15) is 4.79 Å². The fourth-order valence-electron chi connectivity index (χ4n) is 4.33. The zero-order valence-electron chi connectivity index (χ0n) is 18.5. The van der Waals surface area contributed by atoms with Gasteiger partial charge in [-0.15, -0.1) is 0 Å². The normalized spacial score (nSPS) is 19.4. The number of carbonyl (C=O) groups is 1. The molecule has 1 aromatic carbocycles. The number of rotatable bonds is 3. The monoisotopic (exact) mass is 433 g/mol. The van der Waals surface area contributed by atoms with E-state index in [2.05, 4.69) is 14.9 Å². The Hall–Kier alpha value is -3.10. The number of carbonyl (C=O) groups excluding carboxylic acids is 1. The fraction of sp³-hybridized carbons (Fsp3) is 0.417. The summed E-state index contributed by atoms with van der Waals surface area (Å²) >= 11 is 0. The van der Waals surface area contributed by atoms with Crippen molar-refractivity contribution in [2.24, 2.45) is 0 Å². The van der Waals surface area contributed by atoms with Crippen molar-refractivity contribution in [3.63, 3.8) is 0 Å². The quantitative estimate of drug-likeness (QED) is 0.628. The van der Waals surface area contributed by atoms with Crippen LogP contribution in [0.25, 0.3) is 10.9 Å². The Kier molecular flexibility index (Phi) is 5.71. The lowest BCUT2D eigenvalue weighted by Gasteiger charge is -2.33. The summed E-state index contributed by atoms with van der Waals surface area (Å²) in [5.41, 5.74) is 4.10. The van der Waals surface area contributed by atoms with Gasteiger partial charge in [-0.1, -0.05) is 18.2 Å². The average molecular weight is 434 g/mol. The number of amides is 1. The molecule has 166 valence electrons. The van der Waals surface area contributed by atoms with E-state index in [1.807, 2.05) is 55.1 Å². The Morgan fingerprint density at radius 2 is 1.72 bits per heavy atom. The first-order valence-corrected chi connectivity index (χ1v) is 11.0. The Labute approximate surface area is 187 Å². The van der Waals surface area contributed by atoms with Crippen LogP contribution in [0.15, 0.2) is 36.4 Å². The van der Waals surface area contributed by atoms with Gasteiger partial charge in [0.2, 0.25) is 5.95 Å². The number of aryl methyl sites for hydroxylation is 2. The van der Waals surface area contributed by atoms with Gasteiger partial charge in [-0.3, -0.25) is 4.79 Å². The second-order valence-corrected chi connectivity index (χ2v) is 8.27. The third kappa shape index (κ3) is 4.16. The Morgan fingerprint density at radius 1 is 0.969 bits per heavy atom. The summed E-state index contributed by atoms with van der Waals surface area (Å²) < 4.78 is 11.5. The number of fused-ring (bicyclic) bond motifs is 1. The van der Waals surface area contributed by atoms with Crippen LogP contribution in [-0.4, -0.2) is 71.8 Å². The molecule has 2 fully saturated rings. The maximum absolute atomic E-state index is 13.4. The fourth-order valence-corrected chi connectivity index (χ4v) is 4.33. The molecule has 2 aliphatic rings. The average Bonchev–Trinajstić information content (AvgIpc) is 2.83. The smallest absolute Gasteiger partial charge is 0.254 e. The third-order valence-electron chi connectivity index (χ3n) is 5.91. The van der Waals surface area contributed by atoms with Gasteiger partial charge in [-0.05, 0) is 32.0 Å². The molecule has 1 atom stereocenters. The minimum absolute atomic E-state index is 0.0125. The van der Waals surface area contributed by atoms with Crippen molar-refractivity contribution in [2.45, 2.75) is 20.0 Å². The van der Waals surface area contributed by atoms with E-state index in [-0.39, 0.29) is 12.0 Å². The lowest BCUT2D eigenvalue weighted by atomic mass is 10.0. The molecule has 0 unspecified atom stereocenters. The van der Waals surface area contributed by atoms with Gasteiger partial charge in [0.15, 0.2) is 0 Å². The maximum Gasteiger partial charge on any atom is 0.254 e. The van der Waals surface area contributed by atoms with Crippen molar-refractivity contribution in [3.8, 4) is 0 Å². The molecule has 0 radical (unpaired) electrons. The SMILES string of the molecule is Cc1cc(C)nc(N2CCO[C@@H](c3cc(C(=O)N4CCOCC4)c4ccccc4n3)C2)n1. The van der Waals surface area contributed by atoms with E-state index in [1.165, 1.54) is 0 Å². The number of para-hydroxylation sites is 1. The van der Waals surface area contributed by atoms with Crippen molar-refractivity contribution in [3.05, 3.63) is 59.0 Å². The zero-order chi connectivity index (χ0) is 22.1. The van der Waals surface area contributed by atoms with E-state index >= 15 is 0 Å². The van der Waals surface area contributed by atoms with Gasteiger partial charge in [0.05, 0.1) is 43.1 Å². The van der Waals surface area contributed by atoms with Gasteiger partial charge in [0.1, 0.15) is 6.10 Å². The van der Waals surface area contributed by atoms with Crippen molar-refractivity contribution >= 4 is 22.8 Å². The number of morpholine rings is 2. The predicted molar refractivity (Wildman–Crippen MR) is 121 cm³/mol. The molecule has 1 amide bonds. The highest BCUT2D eigenvalue weighted by molar-refractivity contribution is 6.06. The molecule has 2 saturated heterocycles. The first-order valence-electron chi connectivity index (χ1n) is 11.0. The molecule has 4 heterocycles. The molecular formula is C24H27N5O3. The second-order valence-electron chi connectivity index (χ2n) is 8.27. The van der Waals surface area contributed by atoms with Crippen molar-refractivity contribution in [1.29, 1.82) is 0 Å². The van der Waals surface area contributed by atoms with Crippen molar-refractivity contribution < 1.29 is 14.3 Å². The number of hydrogen-bond donors (Lipinski definition) is 0. The van der Waals surface area contributed by atoms with Gasteiger partial charge in [0, 0.05) is 36.4 Å². The number of benzene rings is 1. The van der Waals surface area contributed by atoms with E-state index < -0.39 is 0 Å². The first-order chi connectivity index (χ1) is 15.6. The van der Waals surface area contributed by atoms with Gasteiger partial charge in [-0.2, -0.15) is 0 Å². The van der Waals surface area contributed by atoms with Crippen LogP contribution in [-0.2, 0) is 9.47 Å². The summed E-state index contributed by atoms with van der Waals surface area (Å²) in [6.45, 7) is 8.13. The van der Waals surface area contributed by atoms with Crippen LogP contribution >= 0.6 is 0 Å². The first kappa shape index (κ1) is 20.8. The summed E-state index contributed by atoms with van der Waals surface area (Å²) in [5.74, 6) is 0.722. The molecule has 5 rings (SSSR count). The predicted octanol–water partition coefficient (Wildman–Crippen LogP) is 2.69. The lowest BCUT2D eigenvalue weighted by molar-refractivity contribution is 0.0300. The minimum atomic E-state index is -0.269. The van der Waals surface area contributed by atoms with Crippen molar-refractivity contribution in [1.82, 2.24) is 19.9 Å². The molecule has 2 aromatic heterocycles. The number of ether oxygens (including phenoxy) is 2. The van der Waals surface area contributed by atoms with E-state index in [0.29, 0.717) is 57.5 Å². The molecule has 8 heteroatoms. The summed E-state index contributed by atoms with van der Waals surface area (Å²) in [7, 11) is 0. The maximum atomic E-state index is 13.4. The lowest BCUT2D eigenvalue weighted by Crippen LogP contribution is -2.41. The highest BCUT2D eigenvalue weighted by Gasteiger charge is 2.28. The van der Waals surface area contributed by atoms with Gasteiger partial charge < -0.3 is 19.3 Å². The largest absolute Gasteiger partial charge is 0.378 e. The minimum Gasteiger partial charge on any atom is -0.378 e.